The summed E-state index contributed by atoms with van der Waals surface area (Å²) in [4.78, 5) is 15.7. The average Bonchev–Trinajstić information content (AvgIpc) is 3.37. The first-order chi connectivity index (χ1) is 20.0. The number of rotatable bonds is 7. The number of methoxy groups -OCH3 is 4. The molecule has 7 rings (SSSR count). The number of piperidine rings is 1. The lowest BCUT2D eigenvalue weighted by Gasteiger charge is -2.69. The minimum absolute atomic E-state index is 0.102. The molecule has 1 saturated heterocycles. The topological polar surface area (TPSA) is 147 Å². The maximum absolute atomic E-state index is 13.5. The second-order valence-corrected chi connectivity index (χ2v) is 13.7. The number of nitrogens with zero attached hydrogens (tertiary/aromatic N) is 1. The molecular weight excluding hydrogens is 546 g/mol. The Morgan fingerprint density at radius 3 is 2.33 bits per heavy atom. The molecular formula is C31H43NO10. The smallest absolute Gasteiger partial charge is 0.338 e. The van der Waals surface area contributed by atoms with Gasteiger partial charge in [-0.25, -0.2) is 4.79 Å². The van der Waals surface area contributed by atoms with Crippen LogP contribution in [-0.4, -0.2) is 134 Å². The summed E-state index contributed by atoms with van der Waals surface area (Å²) in [6, 6.07) is 8.22. The molecule has 1 aromatic carbocycles. The summed E-state index contributed by atoms with van der Waals surface area (Å²) < 4.78 is 30.3. The van der Waals surface area contributed by atoms with E-state index in [9.17, 15) is 25.2 Å². The third kappa shape index (κ3) is 3.05. The number of likely N-dealkylation sites (tertiary alicyclic amines) is 1. The summed E-state index contributed by atoms with van der Waals surface area (Å²) in [6.07, 6.45) is -5.28. The number of esters is 1. The fourth-order valence-electron chi connectivity index (χ4n) is 11.8. The maximum Gasteiger partial charge on any atom is 0.338 e. The molecule has 232 valence electrons. The lowest BCUT2D eigenvalue weighted by atomic mass is 9.42. The number of carbonyl (C=O) groups is 1. The predicted octanol–water partition coefficient (Wildman–Crippen LogP) is -0.313. The van der Waals surface area contributed by atoms with Gasteiger partial charge in [-0.15, -0.1) is 0 Å². The number of fused-ring (bicyclic) bond motifs is 2. The quantitative estimate of drug-likeness (QED) is 0.311. The van der Waals surface area contributed by atoms with Gasteiger partial charge >= 0.3 is 5.97 Å². The van der Waals surface area contributed by atoms with Crippen LogP contribution >= 0.6 is 0 Å². The monoisotopic (exact) mass is 589 g/mol. The van der Waals surface area contributed by atoms with Gasteiger partial charge in [-0.1, -0.05) is 18.2 Å². The van der Waals surface area contributed by atoms with Crippen LogP contribution in [0.5, 0.6) is 0 Å². The number of benzene rings is 1. The fourth-order valence-corrected chi connectivity index (χ4v) is 11.8. The normalized spacial score (nSPS) is 53.7. The van der Waals surface area contributed by atoms with Gasteiger partial charge in [0, 0.05) is 76.0 Å². The van der Waals surface area contributed by atoms with E-state index in [2.05, 4.69) is 4.90 Å². The Bertz CT molecular complexity index is 1240. The number of carbonyl (C=O) groups excluding carboxylic acids is 1. The first-order valence-corrected chi connectivity index (χ1v) is 14.9. The van der Waals surface area contributed by atoms with Gasteiger partial charge in [-0.2, -0.15) is 0 Å². The van der Waals surface area contributed by atoms with Crippen molar-refractivity contribution in [2.24, 2.45) is 34.5 Å². The van der Waals surface area contributed by atoms with Crippen LogP contribution in [0.2, 0.25) is 0 Å². The van der Waals surface area contributed by atoms with Crippen molar-refractivity contribution in [1.29, 1.82) is 0 Å². The van der Waals surface area contributed by atoms with E-state index in [1.165, 1.54) is 7.11 Å². The molecule has 1 heterocycles. The predicted molar refractivity (Wildman–Crippen MR) is 146 cm³/mol. The molecule has 11 heteroatoms. The molecule has 1 aliphatic heterocycles. The average molecular weight is 590 g/mol. The number of aliphatic hydroxyl groups excluding tert-OH is 2. The molecule has 5 aliphatic carbocycles. The van der Waals surface area contributed by atoms with Crippen LogP contribution in [0.15, 0.2) is 30.3 Å². The largest absolute Gasteiger partial charge is 0.455 e. The van der Waals surface area contributed by atoms with E-state index in [0.717, 1.165) is 0 Å². The Labute approximate surface area is 245 Å². The van der Waals surface area contributed by atoms with Crippen LogP contribution in [-0.2, 0) is 23.7 Å². The zero-order valence-corrected chi connectivity index (χ0v) is 24.8. The molecule has 6 unspecified atom stereocenters. The second-order valence-electron chi connectivity index (χ2n) is 13.7. The Morgan fingerprint density at radius 1 is 1.00 bits per heavy atom. The zero-order chi connectivity index (χ0) is 30.0. The lowest BCUT2D eigenvalue weighted by Crippen LogP contribution is -2.80. The highest BCUT2D eigenvalue weighted by molar-refractivity contribution is 5.89. The summed E-state index contributed by atoms with van der Waals surface area (Å²) in [5.41, 5.74) is -4.81. The number of aliphatic hydroxyl groups is 4. The van der Waals surface area contributed by atoms with Crippen molar-refractivity contribution in [3.63, 3.8) is 0 Å². The van der Waals surface area contributed by atoms with Gasteiger partial charge in [-0.3, -0.25) is 0 Å². The van der Waals surface area contributed by atoms with E-state index < -0.39 is 82.4 Å². The molecule has 15 atom stereocenters. The molecule has 5 saturated carbocycles. The molecule has 4 N–H and O–H groups in total. The van der Waals surface area contributed by atoms with Crippen LogP contribution in [0.25, 0.3) is 0 Å². The molecule has 6 fully saturated rings. The highest BCUT2D eigenvalue weighted by Gasteiger charge is 2.91. The van der Waals surface area contributed by atoms with E-state index in [-0.39, 0.29) is 25.0 Å². The number of hydrogen-bond donors (Lipinski definition) is 4. The van der Waals surface area contributed by atoms with E-state index >= 15 is 0 Å². The van der Waals surface area contributed by atoms with E-state index in [0.29, 0.717) is 18.5 Å². The Kier molecular flexibility index (Phi) is 6.52. The summed E-state index contributed by atoms with van der Waals surface area (Å²) in [5.74, 6) is -2.96. The zero-order valence-electron chi connectivity index (χ0n) is 24.8. The first-order valence-electron chi connectivity index (χ1n) is 14.9. The van der Waals surface area contributed by atoms with Crippen molar-refractivity contribution in [2.75, 3.05) is 48.6 Å². The van der Waals surface area contributed by atoms with Crippen LogP contribution in [0.1, 0.15) is 23.2 Å². The van der Waals surface area contributed by atoms with Crippen LogP contribution in [0.3, 0.4) is 0 Å². The van der Waals surface area contributed by atoms with Crippen molar-refractivity contribution in [3.8, 4) is 0 Å². The first kappa shape index (κ1) is 29.1. The molecule has 0 aromatic heterocycles. The maximum atomic E-state index is 13.5. The van der Waals surface area contributed by atoms with Gasteiger partial charge in [0.2, 0.25) is 0 Å². The van der Waals surface area contributed by atoms with Crippen LogP contribution in [0.4, 0.5) is 0 Å². The second kappa shape index (κ2) is 9.42. The van der Waals surface area contributed by atoms with Gasteiger partial charge < -0.3 is 49.0 Å². The summed E-state index contributed by atoms with van der Waals surface area (Å²) in [7, 11) is 8.22. The van der Waals surface area contributed by atoms with Gasteiger partial charge in [0.1, 0.15) is 29.5 Å². The Hall–Kier alpha value is -1.67. The lowest BCUT2D eigenvalue weighted by molar-refractivity contribution is -0.318. The van der Waals surface area contributed by atoms with Gasteiger partial charge in [-0.05, 0) is 31.5 Å². The van der Waals surface area contributed by atoms with Crippen molar-refractivity contribution in [1.82, 2.24) is 4.90 Å². The van der Waals surface area contributed by atoms with Gasteiger partial charge in [0.05, 0.1) is 30.5 Å². The van der Waals surface area contributed by atoms with Crippen molar-refractivity contribution < 1.29 is 48.9 Å². The van der Waals surface area contributed by atoms with Crippen molar-refractivity contribution in [3.05, 3.63) is 35.9 Å². The molecule has 7 bridgehead atoms. The Balaban J connectivity index is 1.47. The third-order valence-electron chi connectivity index (χ3n) is 12.6. The molecule has 42 heavy (non-hydrogen) atoms. The number of hydrogen-bond acceptors (Lipinski definition) is 11. The minimum atomic E-state index is -1.86. The highest BCUT2D eigenvalue weighted by Crippen LogP contribution is 2.80. The van der Waals surface area contributed by atoms with Crippen molar-refractivity contribution >= 4 is 5.97 Å². The summed E-state index contributed by atoms with van der Waals surface area (Å²) in [6.45, 7) is 0.760. The molecule has 11 nitrogen and oxygen atoms in total. The molecule has 6 aliphatic rings. The third-order valence-corrected chi connectivity index (χ3v) is 12.6. The Morgan fingerprint density at radius 2 is 1.71 bits per heavy atom. The van der Waals surface area contributed by atoms with Gasteiger partial charge in [0.15, 0.2) is 0 Å². The summed E-state index contributed by atoms with van der Waals surface area (Å²) in [5, 5.41) is 49.4. The van der Waals surface area contributed by atoms with Crippen LogP contribution in [0, 0.1) is 34.5 Å². The molecule has 1 aromatic rings. The van der Waals surface area contributed by atoms with Gasteiger partial charge in [0.25, 0.3) is 0 Å². The van der Waals surface area contributed by atoms with E-state index in [1.54, 1.807) is 51.7 Å². The number of ether oxygens (including phenoxy) is 5. The van der Waals surface area contributed by atoms with Crippen molar-refractivity contribution in [2.45, 2.75) is 66.7 Å². The standard InChI is InChI=1S/C31H43NO10/c1-32-13-28(14-38-2)17(33)11-18(39-3)30-16-12-29(36)25(42-27(35)15-9-7-6-8-10-15)19(16)31(37,24(34)26(29)41-5)20(23(30)32)21(40-4)22(28)30/h6-10,16-26,33-34,36-37H,11-14H2,1-5H3/t16?,17-,18+,19?,20-,21?,22?,23?,24+,25?,26+,28+,29-,30+,31-/m1/s1. The van der Waals surface area contributed by atoms with E-state index in [4.69, 9.17) is 23.7 Å². The highest BCUT2D eigenvalue weighted by atomic mass is 16.6. The fraction of sp³-hybridized carbons (Fsp3) is 0.774. The van der Waals surface area contributed by atoms with E-state index in [1.807, 2.05) is 7.05 Å². The SMILES string of the molecule is COC[C@]12CN(C)C3[C@H]4C(OC)C1[C@]3(C1C[C@@]3(O)C(OC(=O)c5ccccc5)C1[C@]4(O)[C@@H](O)[C@@H]3OC)[C@@H](OC)C[C@H]2O. The molecule has 1 spiro atoms. The minimum Gasteiger partial charge on any atom is -0.455 e. The van der Waals surface area contributed by atoms with Crippen LogP contribution < -0.4 is 0 Å². The summed E-state index contributed by atoms with van der Waals surface area (Å²) >= 11 is 0. The molecule has 0 amide bonds. The molecule has 0 radical (unpaired) electrons.